The Hall–Kier alpha value is -3.09. The number of amides is 3. The normalized spacial score (nSPS) is 15.0. The zero-order valence-electron chi connectivity index (χ0n) is 14.6. The minimum Gasteiger partial charge on any atom is -0.482 e. The van der Waals surface area contributed by atoms with Crippen molar-refractivity contribution < 1.29 is 19.1 Å². The lowest BCUT2D eigenvalue weighted by Gasteiger charge is -2.13. The van der Waals surface area contributed by atoms with Crippen LogP contribution in [0.3, 0.4) is 0 Å². The topological polar surface area (TPSA) is 99.5 Å². The Morgan fingerprint density at radius 2 is 2.07 bits per heavy atom. The number of rotatable bonds is 7. The second-order valence-electron chi connectivity index (χ2n) is 5.60. The molecule has 9 heteroatoms. The summed E-state index contributed by atoms with van der Waals surface area (Å²) in [5.74, 6) is -0.449. The monoisotopic (exact) mass is 413 g/mol. The molecule has 1 aromatic carbocycles. The van der Waals surface area contributed by atoms with Crippen LogP contribution in [0.4, 0.5) is 4.79 Å². The molecule has 1 aromatic heterocycles. The number of nitriles is 1. The average Bonchev–Trinajstić information content (AvgIpc) is 3.30. The Kier molecular flexibility index (Phi) is 6.47. The molecule has 1 aliphatic heterocycles. The molecule has 2 heterocycles. The maximum atomic E-state index is 12.4. The summed E-state index contributed by atoms with van der Waals surface area (Å²) < 4.78 is 5.34. The largest absolute Gasteiger partial charge is 0.482 e. The van der Waals surface area contributed by atoms with Crippen LogP contribution in [-0.4, -0.2) is 41.6 Å². The summed E-state index contributed by atoms with van der Waals surface area (Å²) in [6.45, 7) is -0.0712. The molecule has 0 aliphatic carbocycles. The van der Waals surface area contributed by atoms with Crippen LogP contribution in [0, 0.1) is 11.3 Å². The Balaban J connectivity index is 1.47. The Labute approximate surface area is 169 Å². The first kappa shape index (κ1) is 19.7. The summed E-state index contributed by atoms with van der Waals surface area (Å²) in [6.07, 6.45) is 1.69. The number of ether oxygens (including phenoxy) is 1. The van der Waals surface area contributed by atoms with E-state index in [4.69, 9.17) is 10.00 Å². The highest BCUT2D eigenvalue weighted by atomic mass is 32.2. The van der Waals surface area contributed by atoms with E-state index >= 15 is 0 Å². The van der Waals surface area contributed by atoms with Crippen molar-refractivity contribution in [1.82, 2.24) is 10.2 Å². The van der Waals surface area contributed by atoms with Crippen LogP contribution in [-0.2, 0) is 9.59 Å². The fourth-order valence-electron chi connectivity index (χ4n) is 2.38. The molecule has 0 saturated carbocycles. The summed E-state index contributed by atoms with van der Waals surface area (Å²) in [4.78, 5) is 38.7. The predicted molar refractivity (Wildman–Crippen MR) is 107 cm³/mol. The van der Waals surface area contributed by atoms with E-state index in [-0.39, 0.29) is 30.8 Å². The zero-order chi connectivity index (χ0) is 19.9. The van der Waals surface area contributed by atoms with Crippen molar-refractivity contribution in [2.45, 2.75) is 0 Å². The lowest BCUT2D eigenvalue weighted by atomic mass is 10.2. The second kappa shape index (κ2) is 9.21. The van der Waals surface area contributed by atoms with E-state index in [2.05, 4.69) is 5.32 Å². The molecule has 1 saturated heterocycles. The third-order valence-electron chi connectivity index (χ3n) is 3.71. The molecule has 0 radical (unpaired) electrons. The highest BCUT2D eigenvalue weighted by Gasteiger charge is 2.34. The van der Waals surface area contributed by atoms with Gasteiger partial charge in [-0.05, 0) is 41.4 Å². The van der Waals surface area contributed by atoms with Gasteiger partial charge < -0.3 is 10.1 Å². The number of imide groups is 1. The van der Waals surface area contributed by atoms with Crippen LogP contribution >= 0.6 is 23.1 Å². The Morgan fingerprint density at radius 3 is 2.82 bits per heavy atom. The summed E-state index contributed by atoms with van der Waals surface area (Å²) in [6, 6.07) is 12.3. The molecule has 2 aromatic rings. The van der Waals surface area contributed by atoms with Gasteiger partial charge in [0.1, 0.15) is 11.8 Å². The van der Waals surface area contributed by atoms with Gasteiger partial charge in [-0.25, -0.2) is 0 Å². The number of carbonyl (C=O) groups excluding carboxylic acids is 3. The third-order valence-corrected chi connectivity index (χ3v) is 5.44. The van der Waals surface area contributed by atoms with Crippen LogP contribution < -0.4 is 10.1 Å². The van der Waals surface area contributed by atoms with E-state index < -0.39 is 5.91 Å². The van der Waals surface area contributed by atoms with Crippen molar-refractivity contribution in [2.75, 3.05) is 19.7 Å². The Bertz CT molecular complexity index is 964. The van der Waals surface area contributed by atoms with Gasteiger partial charge in [0.15, 0.2) is 6.61 Å². The highest BCUT2D eigenvalue weighted by Crippen LogP contribution is 2.32. The second-order valence-corrected chi connectivity index (χ2v) is 7.57. The molecule has 28 heavy (non-hydrogen) atoms. The molecule has 3 rings (SSSR count). The standard InChI is InChI=1S/C19H15N3O4S2/c20-11-13-4-1-2-6-15(13)26-12-17(23)21-7-8-22-18(24)16(28-19(22)25)10-14-5-3-9-27-14/h1-6,9-10H,7-8,12H2,(H,21,23)/b16-10-. The number of para-hydroxylation sites is 1. The maximum absolute atomic E-state index is 12.4. The maximum Gasteiger partial charge on any atom is 0.293 e. The van der Waals surface area contributed by atoms with Crippen molar-refractivity contribution in [3.63, 3.8) is 0 Å². The minimum atomic E-state index is -0.408. The molecule has 1 aliphatic rings. The summed E-state index contributed by atoms with van der Waals surface area (Å²) in [7, 11) is 0. The van der Waals surface area contributed by atoms with E-state index in [1.54, 1.807) is 30.3 Å². The lowest BCUT2D eigenvalue weighted by Crippen LogP contribution is -2.38. The lowest BCUT2D eigenvalue weighted by molar-refractivity contribution is -0.125. The average molecular weight is 413 g/mol. The van der Waals surface area contributed by atoms with Gasteiger partial charge in [0.05, 0.1) is 10.5 Å². The van der Waals surface area contributed by atoms with E-state index in [9.17, 15) is 14.4 Å². The summed E-state index contributed by atoms with van der Waals surface area (Å²) >= 11 is 2.37. The smallest absolute Gasteiger partial charge is 0.293 e. The third kappa shape index (κ3) is 4.79. The fourth-order valence-corrected chi connectivity index (χ4v) is 3.97. The molecule has 0 bridgehead atoms. The number of hydrogen-bond donors (Lipinski definition) is 1. The molecule has 1 fully saturated rings. The van der Waals surface area contributed by atoms with Crippen molar-refractivity contribution in [2.24, 2.45) is 0 Å². The number of nitrogens with zero attached hydrogens (tertiary/aromatic N) is 2. The van der Waals surface area contributed by atoms with Gasteiger partial charge in [-0.15, -0.1) is 11.3 Å². The molecule has 0 atom stereocenters. The molecule has 0 spiro atoms. The van der Waals surface area contributed by atoms with Crippen molar-refractivity contribution in [3.05, 3.63) is 57.1 Å². The van der Waals surface area contributed by atoms with E-state index in [0.717, 1.165) is 21.5 Å². The first-order valence-electron chi connectivity index (χ1n) is 8.26. The molecular weight excluding hydrogens is 398 g/mol. The van der Waals surface area contributed by atoms with Gasteiger partial charge in [0.2, 0.25) is 0 Å². The molecule has 1 N–H and O–H groups in total. The van der Waals surface area contributed by atoms with Gasteiger partial charge in [0, 0.05) is 18.0 Å². The van der Waals surface area contributed by atoms with Crippen LogP contribution in [0.15, 0.2) is 46.7 Å². The van der Waals surface area contributed by atoms with Crippen LogP contribution in [0.2, 0.25) is 0 Å². The molecule has 0 unspecified atom stereocenters. The first-order chi connectivity index (χ1) is 13.6. The van der Waals surface area contributed by atoms with Crippen LogP contribution in [0.5, 0.6) is 5.75 Å². The number of nitrogens with one attached hydrogen (secondary N) is 1. The van der Waals surface area contributed by atoms with Crippen molar-refractivity contribution in [1.29, 1.82) is 5.26 Å². The van der Waals surface area contributed by atoms with Gasteiger partial charge in [-0.2, -0.15) is 5.26 Å². The quantitative estimate of drug-likeness (QED) is 0.701. The zero-order valence-corrected chi connectivity index (χ0v) is 16.2. The SMILES string of the molecule is N#Cc1ccccc1OCC(=O)NCCN1C(=O)S/C(=C\c2cccs2)C1=O. The number of carbonyl (C=O) groups is 3. The summed E-state index contributed by atoms with van der Waals surface area (Å²) in [5.41, 5.74) is 0.339. The molecule has 3 amide bonds. The van der Waals surface area contributed by atoms with E-state index in [0.29, 0.717) is 16.2 Å². The summed E-state index contributed by atoms with van der Waals surface area (Å²) in [5, 5.41) is 13.1. The molecule has 7 nitrogen and oxygen atoms in total. The van der Waals surface area contributed by atoms with Gasteiger partial charge >= 0.3 is 0 Å². The molecular formula is C19H15N3O4S2. The number of benzene rings is 1. The molecule has 142 valence electrons. The van der Waals surface area contributed by atoms with Gasteiger partial charge in [-0.3, -0.25) is 19.3 Å². The number of hydrogen-bond acceptors (Lipinski definition) is 7. The first-order valence-corrected chi connectivity index (χ1v) is 9.95. The van der Waals surface area contributed by atoms with Crippen LogP contribution in [0.25, 0.3) is 6.08 Å². The Morgan fingerprint density at radius 1 is 1.25 bits per heavy atom. The minimum absolute atomic E-state index is 0.0764. The van der Waals surface area contributed by atoms with Gasteiger partial charge in [0.25, 0.3) is 17.1 Å². The van der Waals surface area contributed by atoms with Gasteiger partial charge in [-0.1, -0.05) is 18.2 Å². The van der Waals surface area contributed by atoms with Crippen molar-refractivity contribution in [3.8, 4) is 11.8 Å². The number of thiophene rings is 1. The fraction of sp³-hybridized carbons (Fsp3) is 0.158. The number of thioether (sulfide) groups is 1. The van der Waals surface area contributed by atoms with Crippen LogP contribution in [0.1, 0.15) is 10.4 Å². The predicted octanol–water partition coefficient (Wildman–Crippen LogP) is 2.85. The van der Waals surface area contributed by atoms with E-state index in [1.807, 2.05) is 23.6 Å². The van der Waals surface area contributed by atoms with E-state index in [1.165, 1.54) is 11.3 Å². The highest BCUT2D eigenvalue weighted by molar-refractivity contribution is 8.18. The van der Waals surface area contributed by atoms with Crippen molar-refractivity contribution >= 4 is 46.2 Å².